The Morgan fingerprint density at radius 1 is 1.40 bits per heavy atom. The summed E-state index contributed by atoms with van der Waals surface area (Å²) in [6.45, 7) is 4.20. The van der Waals surface area contributed by atoms with Gasteiger partial charge >= 0.3 is 5.97 Å². The Kier molecular flexibility index (Phi) is 2.49. The maximum atomic E-state index is 10.6. The molecule has 0 spiro atoms. The van der Waals surface area contributed by atoms with E-state index in [0.717, 1.165) is 5.56 Å². The lowest BCUT2D eigenvalue weighted by Gasteiger charge is -1.97. The van der Waals surface area contributed by atoms with E-state index in [2.05, 4.69) is 13.8 Å². The quantitative estimate of drug-likeness (QED) is 0.844. The molecule has 1 aromatic carbocycles. The molecule has 0 unspecified atom stereocenters. The lowest BCUT2D eigenvalue weighted by Crippen LogP contribution is -1.99. The van der Waals surface area contributed by atoms with E-state index in [0.29, 0.717) is 0 Å². The molecule has 0 aliphatic rings. The zero-order chi connectivity index (χ0) is 11.0. The van der Waals surface area contributed by atoms with Crippen molar-refractivity contribution in [3.63, 3.8) is 0 Å². The summed E-state index contributed by atoms with van der Waals surface area (Å²) in [5.41, 5.74) is 2.17. The second-order valence-corrected chi connectivity index (χ2v) is 4.94. The molecule has 1 N–H and O–H groups in total. The standard InChI is InChI=1S/C12H12O2S/c1-7-8(2)15-11-5-9(6-12(13)14)3-4-10(7)11/h3-5H,6H2,1-2H3,(H,13,14). The van der Waals surface area contributed by atoms with Gasteiger partial charge in [-0.25, -0.2) is 0 Å². The molecule has 2 nitrogen and oxygen atoms in total. The number of aliphatic carboxylic acids is 1. The van der Waals surface area contributed by atoms with Crippen LogP contribution in [0.4, 0.5) is 0 Å². The molecule has 1 aromatic heterocycles. The van der Waals surface area contributed by atoms with Crippen molar-refractivity contribution in [2.45, 2.75) is 20.3 Å². The molecular weight excluding hydrogens is 208 g/mol. The molecule has 0 atom stereocenters. The zero-order valence-corrected chi connectivity index (χ0v) is 9.52. The van der Waals surface area contributed by atoms with Crippen LogP contribution in [0.2, 0.25) is 0 Å². The Bertz CT molecular complexity index is 526. The molecule has 0 saturated carbocycles. The molecule has 3 heteroatoms. The first-order valence-electron chi connectivity index (χ1n) is 4.78. The lowest BCUT2D eigenvalue weighted by atomic mass is 10.1. The highest BCUT2D eigenvalue weighted by atomic mass is 32.1. The first-order valence-corrected chi connectivity index (χ1v) is 5.60. The second-order valence-electron chi connectivity index (χ2n) is 3.68. The molecule has 0 aliphatic heterocycles. The molecule has 0 saturated heterocycles. The minimum atomic E-state index is -0.778. The summed E-state index contributed by atoms with van der Waals surface area (Å²) in [4.78, 5) is 11.9. The molecular formula is C12H12O2S. The van der Waals surface area contributed by atoms with Crippen LogP contribution in [0.5, 0.6) is 0 Å². The Morgan fingerprint density at radius 2 is 2.13 bits per heavy atom. The van der Waals surface area contributed by atoms with E-state index < -0.39 is 5.97 Å². The molecule has 1 heterocycles. The Labute approximate surface area is 92.2 Å². The number of carbonyl (C=O) groups is 1. The fourth-order valence-corrected chi connectivity index (χ4v) is 2.81. The van der Waals surface area contributed by atoms with Crippen LogP contribution in [-0.2, 0) is 11.2 Å². The van der Waals surface area contributed by atoms with Gasteiger partial charge in [-0.2, -0.15) is 0 Å². The van der Waals surface area contributed by atoms with Gasteiger partial charge in [0.1, 0.15) is 0 Å². The van der Waals surface area contributed by atoms with Crippen molar-refractivity contribution in [2.75, 3.05) is 0 Å². The van der Waals surface area contributed by atoms with Crippen molar-refractivity contribution in [1.82, 2.24) is 0 Å². The highest BCUT2D eigenvalue weighted by Crippen LogP contribution is 2.30. The minimum absolute atomic E-state index is 0.103. The third kappa shape index (κ3) is 1.88. The summed E-state index contributed by atoms with van der Waals surface area (Å²) >= 11 is 1.73. The van der Waals surface area contributed by atoms with E-state index >= 15 is 0 Å². The Morgan fingerprint density at radius 3 is 2.80 bits per heavy atom. The van der Waals surface area contributed by atoms with Gasteiger partial charge in [0.05, 0.1) is 6.42 Å². The van der Waals surface area contributed by atoms with Crippen LogP contribution in [0.1, 0.15) is 16.0 Å². The largest absolute Gasteiger partial charge is 0.481 e. The fraction of sp³-hybridized carbons (Fsp3) is 0.250. The van der Waals surface area contributed by atoms with Gasteiger partial charge in [-0.05, 0) is 36.4 Å². The van der Waals surface area contributed by atoms with Gasteiger partial charge < -0.3 is 5.11 Å². The SMILES string of the molecule is Cc1sc2cc(CC(=O)O)ccc2c1C. The molecule has 0 radical (unpaired) electrons. The molecule has 0 amide bonds. The van der Waals surface area contributed by atoms with Crippen molar-refractivity contribution in [2.24, 2.45) is 0 Å². The van der Waals surface area contributed by atoms with E-state index in [9.17, 15) is 4.79 Å². The molecule has 15 heavy (non-hydrogen) atoms. The zero-order valence-electron chi connectivity index (χ0n) is 8.70. The van der Waals surface area contributed by atoms with E-state index in [4.69, 9.17) is 5.11 Å². The molecule has 0 bridgehead atoms. The maximum absolute atomic E-state index is 10.6. The van der Waals surface area contributed by atoms with Gasteiger partial charge in [0.2, 0.25) is 0 Å². The van der Waals surface area contributed by atoms with E-state index in [1.807, 2.05) is 18.2 Å². The van der Waals surface area contributed by atoms with Crippen molar-refractivity contribution in [3.05, 3.63) is 34.2 Å². The highest BCUT2D eigenvalue weighted by Gasteiger charge is 2.06. The summed E-state index contributed by atoms with van der Waals surface area (Å²) < 4.78 is 1.18. The smallest absolute Gasteiger partial charge is 0.307 e. The first-order chi connectivity index (χ1) is 7.08. The van der Waals surface area contributed by atoms with E-state index in [1.165, 1.54) is 20.5 Å². The third-order valence-corrected chi connectivity index (χ3v) is 3.77. The maximum Gasteiger partial charge on any atom is 0.307 e. The van der Waals surface area contributed by atoms with E-state index in [1.54, 1.807) is 11.3 Å². The van der Waals surface area contributed by atoms with Crippen LogP contribution in [0.3, 0.4) is 0 Å². The number of benzene rings is 1. The van der Waals surface area contributed by atoms with Crippen LogP contribution in [0.15, 0.2) is 18.2 Å². The first kappa shape index (κ1) is 10.2. The van der Waals surface area contributed by atoms with E-state index in [-0.39, 0.29) is 6.42 Å². The lowest BCUT2D eigenvalue weighted by molar-refractivity contribution is -0.136. The van der Waals surface area contributed by atoms with Gasteiger partial charge in [-0.15, -0.1) is 11.3 Å². The number of aryl methyl sites for hydroxylation is 2. The monoisotopic (exact) mass is 220 g/mol. The topological polar surface area (TPSA) is 37.3 Å². The predicted molar refractivity (Wildman–Crippen MR) is 62.6 cm³/mol. The van der Waals surface area contributed by atoms with Crippen molar-refractivity contribution in [1.29, 1.82) is 0 Å². The number of hydrogen-bond acceptors (Lipinski definition) is 2. The van der Waals surface area contributed by atoms with Crippen LogP contribution >= 0.6 is 11.3 Å². The molecule has 2 rings (SSSR count). The van der Waals surface area contributed by atoms with Crippen molar-refractivity contribution < 1.29 is 9.90 Å². The number of thiophene rings is 1. The number of hydrogen-bond donors (Lipinski definition) is 1. The van der Waals surface area contributed by atoms with Gasteiger partial charge in [0.25, 0.3) is 0 Å². The molecule has 2 aromatic rings. The van der Waals surface area contributed by atoms with Gasteiger partial charge in [-0.3, -0.25) is 4.79 Å². The van der Waals surface area contributed by atoms with Crippen molar-refractivity contribution >= 4 is 27.4 Å². The highest BCUT2D eigenvalue weighted by molar-refractivity contribution is 7.19. The van der Waals surface area contributed by atoms with Crippen LogP contribution in [-0.4, -0.2) is 11.1 Å². The molecule has 0 fully saturated rings. The summed E-state index contributed by atoms with van der Waals surface area (Å²) in [6, 6.07) is 5.90. The van der Waals surface area contributed by atoms with Crippen LogP contribution in [0.25, 0.3) is 10.1 Å². The Balaban J connectivity index is 2.52. The Hall–Kier alpha value is -1.35. The normalized spacial score (nSPS) is 10.8. The predicted octanol–water partition coefficient (Wildman–Crippen LogP) is 3.15. The average molecular weight is 220 g/mol. The number of carboxylic acids is 1. The second kappa shape index (κ2) is 3.66. The average Bonchev–Trinajstić information content (AvgIpc) is 2.41. The molecule has 78 valence electrons. The summed E-state index contributed by atoms with van der Waals surface area (Å²) in [6.07, 6.45) is 0.103. The molecule has 0 aliphatic carbocycles. The van der Waals surface area contributed by atoms with Gasteiger partial charge in [-0.1, -0.05) is 12.1 Å². The number of fused-ring (bicyclic) bond motifs is 1. The van der Waals surface area contributed by atoms with Crippen molar-refractivity contribution in [3.8, 4) is 0 Å². The summed E-state index contributed by atoms with van der Waals surface area (Å²) in [5, 5.41) is 9.94. The minimum Gasteiger partial charge on any atom is -0.481 e. The van der Waals surface area contributed by atoms with Crippen LogP contribution in [0, 0.1) is 13.8 Å². The summed E-state index contributed by atoms with van der Waals surface area (Å²) in [7, 11) is 0. The number of rotatable bonds is 2. The van der Waals surface area contributed by atoms with Gasteiger partial charge in [0.15, 0.2) is 0 Å². The third-order valence-electron chi connectivity index (χ3n) is 2.60. The fourth-order valence-electron chi connectivity index (χ4n) is 1.68. The number of carboxylic acid groups (broad SMARTS) is 1. The summed E-state index contributed by atoms with van der Waals surface area (Å²) in [5.74, 6) is -0.778. The van der Waals surface area contributed by atoms with Crippen LogP contribution < -0.4 is 0 Å². The van der Waals surface area contributed by atoms with Gasteiger partial charge in [0, 0.05) is 9.58 Å².